The van der Waals surface area contributed by atoms with Gasteiger partial charge in [0.25, 0.3) is 11.8 Å². The molecule has 2 rings (SSSR count). The van der Waals surface area contributed by atoms with Crippen LogP contribution in [0.5, 0.6) is 0 Å². The highest BCUT2D eigenvalue weighted by molar-refractivity contribution is 7.80. The van der Waals surface area contributed by atoms with Gasteiger partial charge in [0.15, 0.2) is 11.7 Å². The van der Waals surface area contributed by atoms with Crippen molar-refractivity contribution in [3.8, 4) is 0 Å². The van der Waals surface area contributed by atoms with Crippen LogP contribution in [0.15, 0.2) is 30.3 Å². The number of benzene rings is 1. The Bertz CT molecular complexity index is 664. The number of thiocarbonyl (C=S) groups is 1. The van der Waals surface area contributed by atoms with Crippen molar-refractivity contribution < 1.29 is 19.8 Å². The number of hydrogen-bond acceptors (Lipinski definition) is 5. The molecule has 1 aliphatic rings. The van der Waals surface area contributed by atoms with Gasteiger partial charge in [0.05, 0.1) is 11.0 Å². The van der Waals surface area contributed by atoms with Crippen LogP contribution in [0.4, 0.5) is 0 Å². The molecule has 0 spiro atoms. The van der Waals surface area contributed by atoms with Gasteiger partial charge >= 0.3 is 0 Å². The van der Waals surface area contributed by atoms with Crippen LogP contribution in [0.3, 0.4) is 0 Å². The van der Waals surface area contributed by atoms with Crippen molar-refractivity contribution in [1.82, 2.24) is 10.2 Å². The number of hydrogen-bond donors (Lipinski definition) is 3. The van der Waals surface area contributed by atoms with Crippen molar-refractivity contribution in [3.05, 3.63) is 35.9 Å². The van der Waals surface area contributed by atoms with Gasteiger partial charge in [0.2, 0.25) is 0 Å². The van der Waals surface area contributed by atoms with Gasteiger partial charge in [-0.2, -0.15) is 0 Å². The molecule has 1 aromatic rings. The molecule has 136 valence electrons. The molecule has 3 atom stereocenters. The summed E-state index contributed by atoms with van der Waals surface area (Å²) in [5.41, 5.74) is -1.22. The van der Waals surface area contributed by atoms with Crippen LogP contribution in [0, 0.1) is 5.92 Å². The average Bonchev–Trinajstić information content (AvgIpc) is 2.74. The lowest BCUT2D eigenvalue weighted by Gasteiger charge is -2.29. The molecule has 0 radical (unpaired) electrons. The van der Waals surface area contributed by atoms with Gasteiger partial charge in [0, 0.05) is 7.05 Å². The maximum Gasteiger partial charge on any atom is 0.265 e. The van der Waals surface area contributed by atoms with E-state index in [0.29, 0.717) is 11.4 Å². The Hall–Kier alpha value is -1.83. The number of nitrogens with zero attached hydrogens (tertiary/aromatic N) is 1. The molecule has 1 aromatic carbocycles. The maximum absolute atomic E-state index is 12.8. The van der Waals surface area contributed by atoms with Crippen LogP contribution >= 0.6 is 12.2 Å². The molecular weight excluding hydrogens is 340 g/mol. The molecule has 3 N–H and O–H groups in total. The fourth-order valence-corrected chi connectivity index (χ4v) is 3.37. The summed E-state index contributed by atoms with van der Waals surface area (Å²) in [6.45, 7) is 3.62. The minimum Gasteiger partial charge on any atom is -0.381 e. The summed E-state index contributed by atoms with van der Waals surface area (Å²) in [5, 5.41) is 23.7. The van der Waals surface area contributed by atoms with Gasteiger partial charge in [-0.1, -0.05) is 56.4 Å². The zero-order chi connectivity index (χ0) is 18.8. The first-order chi connectivity index (χ1) is 11.7. The fraction of sp³-hybridized carbons (Fsp3) is 0.500. The number of nitrogens with one attached hydrogen (secondary N) is 1. The predicted molar refractivity (Wildman–Crippen MR) is 97.9 cm³/mol. The summed E-state index contributed by atoms with van der Waals surface area (Å²) in [6.07, 6.45) is -1.47. The second-order valence-electron chi connectivity index (χ2n) is 6.76. The largest absolute Gasteiger partial charge is 0.381 e. The standard InChI is InChI=1S/C18H24N2O4S/c1-11(2)10-18(24)14(21)16(22)20(17(18)23)13(15(25)19-3)9-12-7-5-4-6-8-12/h4-8,11,13-14,21,24H,9-10H2,1-3H3,(H,19,25)/t13-,14?,18+/m0/s1. The van der Waals surface area contributed by atoms with Crippen molar-refractivity contribution in [2.24, 2.45) is 5.92 Å². The van der Waals surface area contributed by atoms with E-state index in [-0.39, 0.29) is 12.3 Å². The summed E-state index contributed by atoms with van der Waals surface area (Å²) in [4.78, 5) is 26.6. The van der Waals surface area contributed by atoms with E-state index in [4.69, 9.17) is 12.2 Å². The Kier molecular flexibility index (Phi) is 5.92. The first kappa shape index (κ1) is 19.5. The normalized spacial score (nSPS) is 24.7. The quantitative estimate of drug-likeness (QED) is 0.507. The monoisotopic (exact) mass is 364 g/mol. The molecule has 1 unspecified atom stereocenters. The van der Waals surface area contributed by atoms with E-state index in [9.17, 15) is 19.8 Å². The summed E-state index contributed by atoms with van der Waals surface area (Å²) >= 11 is 5.30. The summed E-state index contributed by atoms with van der Waals surface area (Å²) in [5.74, 6) is -1.68. The van der Waals surface area contributed by atoms with E-state index in [0.717, 1.165) is 10.5 Å². The maximum atomic E-state index is 12.8. The summed E-state index contributed by atoms with van der Waals surface area (Å²) < 4.78 is 0. The van der Waals surface area contributed by atoms with E-state index in [1.54, 1.807) is 7.05 Å². The zero-order valence-electron chi connectivity index (χ0n) is 14.6. The van der Waals surface area contributed by atoms with Crippen molar-refractivity contribution >= 4 is 29.0 Å². The number of carbonyl (C=O) groups is 2. The second kappa shape index (κ2) is 7.59. The van der Waals surface area contributed by atoms with Gasteiger partial charge in [-0.15, -0.1) is 0 Å². The SMILES string of the molecule is CNC(=S)[C@H](Cc1ccccc1)N1C(=O)C(O)[C@](O)(CC(C)C)C1=O. The van der Waals surface area contributed by atoms with Crippen molar-refractivity contribution in [3.63, 3.8) is 0 Å². The van der Waals surface area contributed by atoms with Crippen LogP contribution in [-0.4, -0.2) is 56.7 Å². The zero-order valence-corrected chi connectivity index (χ0v) is 15.4. The molecule has 6 nitrogen and oxygen atoms in total. The first-order valence-electron chi connectivity index (χ1n) is 8.25. The highest BCUT2D eigenvalue weighted by atomic mass is 32.1. The van der Waals surface area contributed by atoms with Crippen LogP contribution in [0.25, 0.3) is 0 Å². The summed E-state index contributed by atoms with van der Waals surface area (Å²) in [6, 6.07) is 8.55. The number of aliphatic hydroxyl groups excluding tert-OH is 1. The molecule has 1 saturated heterocycles. The third-order valence-electron chi connectivity index (χ3n) is 4.36. The summed E-state index contributed by atoms with van der Waals surface area (Å²) in [7, 11) is 1.61. The number of likely N-dealkylation sites (N-methyl/N-ethyl adjacent to an activating group) is 1. The molecule has 0 aromatic heterocycles. The average molecular weight is 364 g/mol. The van der Waals surface area contributed by atoms with Crippen LogP contribution in [0.1, 0.15) is 25.8 Å². The Morgan fingerprint density at radius 2 is 1.92 bits per heavy atom. The molecule has 0 aliphatic carbocycles. The van der Waals surface area contributed by atoms with Crippen molar-refractivity contribution in [2.75, 3.05) is 7.05 Å². The number of imide groups is 1. The lowest BCUT2D eigenvalue weighted by molar-refractivity contribution is -0.150. The van der Waals surface area contributed by atoms with Gasteiger partial charge in [-0.25, -0.2) is 0 Å². The molecule has 1 fully saturated rings. The van der Waals surface area contributed by atoms with E-state index in [1.165, 1.54) is 0 Å². The topological polar surface area (TPSA) is 89.9 Å². The number of aliphatic hydroxyl groups is 2. The van der Waals surface area contributed by atoms with Crippen LogP contribution < -0.4 is 5.32 Å². The predicted octanol–water partition coefficient (Wildman–Crippen LogP) is 0.651. The Morgan fingerprint density at radius 3 is 2.44 bits per heavy atom. The fourth-order valence-electron chi connectivity index (χ4n) is 3.18. The third-order valence-corrected chi connectivity index (χ3v) is 4.84. The van der Waals surface area contributed by atoms with Crippen LogP contribution in [0.2, 0.25) is 0 Å². The van der Waals surface area contributed by atoms with Gasteiger partial charge in [-0.3, -0.25) is 14.5 Å². The molecule has 1 heterocycles. The Morgan fingerprint density at radius 1 is 1.32 bits per heavy atom. The number of amides is 2. The molecule has 7 heteroatoms. The molecular formula is C18H24N2O4S. The number of likely N-dealkylation sites (tertiary alicyclic amines) is 1. The van der Waals surface area contributed by atoms with Gasteiger partial charge in [0.1, 0.15) is 0 Å². The van der Waals surface area contributed by atoms with E-state index < -0.39 is 29.6 Å². The van der Waals surface area contributed by atoms with E-state index >= 15 is 0 Å². The second-order valence-corrected chi connectivity index (χ2v) is 7.20. The molecule has 0 saturated carbocycles. The Balaban J connectivity index is 2.38. The minimum absolute atomic E-state index is 0.000384. The highest BCUT2D eigenvalue weighted by Gasteiger charge is 2.60. The lowest BCUT2D eigenvalue weighted by atomic mass is 9.89. The van der Waals surface area contributed by atoms with E-state index in [1.807, 2.05) is 44.2 Å². The molecule has 25 heavy (non-hydrogen) atoms. The molecule has 0 bridgehead atoms. The third kappa shape index (κ3) is 3.73. The van der Waals surface area contributed by atoms with Crippen molar-refractivity contribution in [1.29, 1.82) is 0 Å². The Labute approximate surface area is 152 Å². The van der Waals surface area contributed by atoms with Crippen LogP contribution in [-0.2, 0) is 16.0 Å². The molecule has 1 aliphatic heterocycles. The lowest BCUT2D eigenvalue weighted by Crippen LogP contribution is -2.52. The van der Waals surface area contributed by atoms with Gasteiger partial charge in [-0.05, 0) is 24.3 Å². The first-order valence-corrected chi connectivity index (χ1v) is 8.66. The van der Waals surface area contributed by atoms with E-state index in [2.05, 4.69) is 5.32 Å². The molecule has 2 amide bonds. The number of rotatable bonds is 6. The minimum atomic E-state index is -2.11. The van der Waals surface area contributed by atoms with Crippen molar-refractivity contribution in [2.45, 2.75) is 44.4 Å². The highest BCUT2D eigenvalue weighted by Crippen LogP contribution is 2.33. The van der Waals surface area contributed by atoms with Gasteiger partial charge < -0.3 is 15.5 Å². The number of carbonyl (C=O) groups excluding carboxylic acids is 2. The smallest absolute Gasteiger partial charge is 0.265 e.